The molecule has 1 N–H and O–H groups in total. The molecule has 0 aromatic heterocycles. The lowest BCUT2D eigenvalue weighted by molar-refractivity contribution is 0.112. The molecule has 90 valence electrons. The first-order valence-corrected chi connectivity index (χ1v) is 5.49. The van der Waals surface area contributed by atoms with Gasteiger partial charge in [0.25, 0.3) is 0 Å². The predicted molar refractivity (Wildman–Crippen MR) is 62.6 cm³/mol. The molecular weight excluding hydrogens is 192 g/mol. The molecule has 0 bridgehead atoms. The maximum Gasteiger partial charge on any atom is 0.0961 e. The van der Waals surface area contributed by atoms with E-state index in [0.29, 0.717) is 19.0 Å². The van der Waals surface area contributed by atoms with Gasteiger partial charge in [-0.25, -0.2) is 0 Å². The molecule has 0 aromatic carbocycles. The lowest BCUT2D eigenvalue weighted by atomic mass is 10.2. The van der Waals surface area contributed by atoms with Gasteiger partial charge in [-0.1, -0.05) is 6.92 Å². The molecule has 0 aliphatic rings. The van der Waals surface area contributed by atoms with Gasteiger partial charge in [0, 0.05) is 27.2 Å². The van der Waals surface area contributed by atoms with Crippen LogP contribution in [0.1, 0.15) is 26.7 Å². The zero-order valence-corrected chi connectivity index (χ0v) is 10.4. The van der Waals surface area contributed by atoms with Gasteiger partial charge < -0.3 is 14.4 Å². The Labute approximate surface area is 93.1 Å². The lowest BCUT2D eigenvalue weighted by Gasteiger charge is -2.30. The maximum absolute atomic E-state index is 7.95. The Balaban J connectivity index is 4.21. The summed E-state index contributed by atoms with van der Waals surface area (Å²) in [7, 11) is 3.37. The summed E-state index contributed by atoms with van der Waals surface area (Å²) in [5.74, 6) is 0.680. The third-order valence-corrected chi connectivity index (χ3v) is 2.31. The molecule has 4 nitrogen and oxygen atoms in total. The lowest BCUT2D eigenvalue weighted by Crippen LogP contribution is -2.42. The van der Waals surface area contributed by atoms with Gasteiger partial charge in [-0.05, 0) is 13.3 Å². The van der Waals surface area contributed by atoms with E-state index in [1.54, 1.807) is 14.2 Å². The molecule has 4 heteroatoms. The second-order valence-electron chi connectivity index (χ2n) is 3.69. The van der Waals surface area contributed by atoms with Crippen molar-refractivity contribution in [1.29, 1.82) is 5.41 Å². The molecule has 0 spiro atoms. The van der Waals surface area contributed by atoms with Gasteiger partial charge in [0.1, 0.15) is 0 Å². The zero-order chi connectivity index (χ0) is 11.7. The van der Waals surface area contributed by atoms with E-state index < -0.39 is 0 Å². The minimum Gasteiger partial charge on any atom is -0.383 e. The fraction of sp³-hybridized carbons (Fsp3) is 0.909. The first kappa shape index (κ1) is 14.4. The highest BCUT2D eigenvalue weighted by Crippen LogP contribution is 2.05. The number of rotatable bonds is 8. The van der Waals surface area contributed by atoms with Gasteiger partial charge in [0.05, 0.1) is 25.1 Å². The van der Waals surface area contributed by atoms with Crippen molar-refractivity contribution in [3.8, 4) is 0 Å². The quantitative estimate of drug-likeness (QED) is 0.496. The molecule has 0 saturated carbocycles. The molecule has 0 rings (SSSR count). The summed E-state index contributed by atoms with van der Waals surface area (Å²) in [6, 6.07) is 0.240. The van der Waals surface area contributed by atoms with Crippen molar-refractivity contribution in [2.45, 2.75) is 32.7 Å². The van der Waals surface area contributed by atoms with Crippen molar-refractivity contribution in [2.75, 3.05) is 34.0 Å². The Morgan fingerprint density at radius 2 is 2.00 bits per heavy atom. The van der Waals surface area contributed by atoms with Crippen LogP contribution in [0, 0.1) is 5.41 Å². The first-order chi connectivity index (χ1) is 7.17. The normalized spacial score (nSPS) is 12.5. The Morgan fingerprint density at radius 3 is 2.47 bits per heavy atom. The van der Waals surface area contributed by atoms with Crippen LogP contribution < -0.4 is 0 Å². The summed E-state index contributed by atoms with van der Waals surface area (Å²) in [5.41, 5.74) is 0. The highest BCUT2D eigenvalue weighted by molar-refractivity contribution is 5.79. The van der Waals surface area contributed by atoms with Crippen molar-refractivity contribution >= 4 is 5.84 Å². The number of amidine groups is 1. The van der Waals surface area contributed by atoms with Crippen LogP contribution in [0.3, 0.4) is 0 Å². The van der Waals surface area contributed by atoms with Gasteiger partial charge in [0.2, 0.25) is 0 Å². The number of ether oxygens (including phenoxy) is 2. The van der Waals surface area contributed by atoms with Gasteiger partial charge in [0.15, 0.2) is 0 Å². The van der Waals surface area contributed by atoms with Crippen LogP contribution in [-0.4, -0.2) is 50.8 Å². The van der Waals surface area contributed by atoms with E-state index in [1.165, 1.54) is 0 Å². The summed E-state index contributed by atoms with van der Waals surface area (Å²) < 4.78 is 10.2. The predicted octanol–water partition coefficient (Wildman–Crippen LogP) is 1.75. The molecule has 0 heterocycles. The highest BCUT2D eigenvalue weighted by Gasteiger charge is 2.15. The average molecular weight is 216 g/mol. The van der Waals surface area contributed by atoms with Crippen LogP contribution in [0.4, 0.5) is 0 Å². The van der Waals surface area contributed by atoms with Crippen molar-refractivity contribution in [3.05, 3.63) is 0 Å². The number of nitrogens with zero attached hydrogens (tertiary/aromatic N) is 1. The van der Waals surface area contributed by atoms with E-state index in [0.717, 1.165) is 19.4 Å². The van der Waals surface area contributed by atoms with Crippen LogP contribution in [-0.2, 0) is 9.47 Å². The van der Waals surface area contributed by atoms with E-state index >= 15 is 0 Å². The second-order valence-corrected chi connectivity index (χ2v) is 3.69. The molecular formula is C11H24N2O2. The Bertz CT molecular complexity index is 174. The monoisotopic (exact) mass is 216 g/mol. The summed E-state index contributed by atoms with van der Waals surface area (Å²) in [4.78, 5) is 2.05. The van der Waals surface area contributed by atoms with E-state index in [-0.39, 0.29) is 6.04 Å². The molecule has 0 aromatic rings. The van der Waals surface area contributed by atoms with Gasteiger partial charge >= 0.3 is 0 Å². The molecule has 15 heavy (non-hydrogen) atoms. The van der Waals surface area contributed by atoms with Crippen LogP contribution in [0.2, 0.25) is 0 Å². The van der Waals surface area contributed by atoms with Crippen molar-refractivity contribution in [3.63, 3.8) is 0 Å². The molecule has 0 amide bonds. The second kappa shape index (κ2) is 8.68. The zero-order valence-electron chi connectivity index (χ0n) is 10.4. The molecule has 1 atom stereocenters. The minimum atomic E-state index is 0.240. The molecule has 0 fully saturated rings. The summed E-state index contributed by atoms with van der Waals surface area (Å²) in [6.07, 6.45) is 1.82. The Hall–Kier alpha value is -0.610. The third-order valence-electron chi connectivity index (χ3n) is 2.31. The molecule has 0 saturated heterocycles. The Morgan fingerprint density at radius 1 is 1.33 bits per heavy atom. The SMILES string of the molecule is CCCC(=N)N(CCOC)C(C)COC. The Kier molecular flexibility index (Phi) is 8.33. The number of methoxy groups -OCH3 is 2. The molecule has 0 aliphatic carbocycles. The van der Waals surface area contributed by atoms with Crippen LogP contribution in [0.15, 0.2) is 0 Å². The van der Waals surface area contributed by atoms with Crippen LogP contribution in [0.25, 0.3) is 0 Å². The number of hydrogen-bond acceptors (Lipinski definition) is 3. The van der Waals surface area contributed by atoms with E-state index in [2.05, 4.69) is 18.7 Å². The fourth-order valence-electron chi connectivity index (χ4n) is 1.52. The number of hydrogen-bond donors (Lipinski definition) is 1. The summed E-state index contributed by atoms with van der Waals surface area (Å²) in [5, 5.41) is 7.95. The maximum atomic E-state index is 7.95. The standard InChI is InChI=1S/C11H24N2O2/c1-5-6-11(12)13(7-8-14-3)10(2)9-15-4/h10,12H,5-9H2,1-4H3. The van der Waals surface area contributed by atoms with E-state index in [1.807, 2.05) is 0 Å². The van der Waals surface area contributed by atoms with Gasteiger partial charge in [-0.15, -0.1) is 0 Å². The highest BCUT2D eigenvalue weighted by atomic mass is 16.5. The smallest absolute Gasteiger partial charge is 0.0961 e. The average Bonchev–Trinajstić information content (AvgIpc) is 2.19. The third kappa shape index (κ3) is 5.74. The topological polar surface area (TPSA) is 45.6 Å². The van der Waals surface area contributed by atoms with Crippen molar-refractivity contribution in [2.24, 2.45) is 0 Å². The van der Waals surface area contributed by atoms with Gasteiger partial charge in [-0.3, -0.25) is 5.41 Å². The summed E-state index contributed by atoms with van der Waals surface area (Å²) in [6.45, 7) is 6.23. The van der Waals surface area contributed by atoms with Gasteiger partial charge in [-0.2, -0.15) is 0 Å². The van der Waals surface area contributed by atoms with E-state index in [9.17, 15) is 0 Å². The van der Waals surface area contributed by atoms with Crippen LogP contribution in [0.5, 0.6) is 0 Å². The van der Waals surface area contributed by atoms with Crippen molar-refractivity contribution in [1.82, 2.24) is 4.90 Å². The largest absolute Gasteiger partial charge is 0.383 e. The minimum absolute atomic E-state index is 0.240. The molecule has 1 unspecified atom stereocenters. The van der Waals surface area contributed by atoms with E-state index in [4.69, 9.17) is 14.9 Å². The first-order valence-electron chi connectivity index (χ1n) is 5.49. The molecule has 0 aliphatic heterocycles. The number of nitrogens with one attached hydrogen (secondary N) is 1. The van der Waals surface area contributed by atoms with Crippen LogP contribution >= 0.6 is 0 Å². The summed E-state index contributed by atoms with van der Waals surface area (Å²) >= 11 is 0. The molecule has 0 radical (unpaired) electrons. The fourth-order valence-corrected chi connectivity index (χ4v) is 1.52. The van der Waals surface area contributed by atoms with Crippen molar-refractivity contribution < 1.29 is 9.47 Å².